The van der Waals surface area contributed by atoms with E-state index >= 15 is 0 Å². The van der Waals surface area contributed by atoms with E-state index in [4.69, 9.17) is 9.97 Å². The Hall–Kier alpha value is -4.74. The monoisotopic (exact) mass is 571 g/mol. The van der Waals surface area contributed by atoms with Crippen molar-refractivity contribution < 1.29 is 0 Å². The Labute approximate surface area is 255 Å². The average molecular weight is 572 g/mol. The highest BCUT2D eigenvalue weighted by Gasteiger charge is 2.36. The number of rotatable bonds is 5. The zero-order valence-corrected chi connectivity index (χ0v) is 25.4. The summed E-state index contributed by atoms with van der Waals surface area (Å²) in [5.41, 5.74) is 8.98. The number of thiophene rings is 1. The molecule has 206 valence electrons. The second-order valence-electron chi connectivity index (χ2n) is 11.8. The average Bonchev–Trinajstić information content (AvgIpc) is 3.56. The van der Waals surface area contributed by atoms with Crippen LogP contribution in [0.4, 0.5) is 0 Å². The first-order valence-electron chi connectivity index (χ1n) is 14.9. The van der Waals surface area contributed by atoms with Gasteiger partial charge in [-0.2, -0.15) is 0 Å². The van der Waals surface area contributed by atoms with Gasteiger partial charge in [-0.3, -0.25) is 0 Å². The lowest BCUT2D eigenvalue weighted by Crippen LogP contribution is -2.26. The molecule has 0 radical (unpaired) electrons. The van der Waals surface area contributed by atoms with Gasteiger partial charge in [-0.25, -0.2) is 9.97 Å². The summed E-state index contributed by atoms with van der Waals surface area (Å²) < 4.78 is 3.84. The van der Waals surface area contributed by atoms with Crippen LogP contribution in [-0.2, 0) is 5.41 Å². The lowest BCUT2D eigenvalue weighted by atomic mass is 9.74. The fraction of sp³-hybridized carbons (Fsp3) is 0.105. The van der Waals surface area contributed by atoms with Gasteiger partial charge < -0.3 is 4.57 Å². The molecule has 1 aliphatic heterocycles. The number of benzene rings is 4. The molecule has 0 atom stereocenters. The quantitative estimate of drug-likeness (QED) is 0.152. The van der Waals surface area contributed by atoms with Crippen molar-refractivity contribution >= 4 is 66.3 Å². The van der Waals surface area contributed by atoms with Crippen molar-refractivity contribution in [2.24, 2.45) is 0 Å². The third kappa shape index (κ3) is 3.74. The predicted octanol–water partition coefficient (Wildman–Crippen LogP) is 9.82. The molecule has 0 N–H and O–H groups in total. The summed E-state index contributed by atoms with van der Waals surface area (Å²) in [6, 6.07) is 30.9. The Morgan fingerprint density at radius 3 is 2.51 bits per heavy atom. The molecule has 0 fully saturated rings. The first kappa shape index (κ1) is 25.9. The van der Waals surface area contributed by atoms with E-state index in [0.29, 0.717) is 5.82 Å². The normalized spacial score (nSPS) is 14.3. The number of hydrogen-bond donors (Lipinski definition) is 0. The Morgan fingerprint density at radius 1 is 0.884 bits per heavy atom. The lowest BCUT2D eigenvalue weighted by molar-refractivity contribution is 0.630. The van der Waals surface area contributed by atoms with E-state index in [1.807, 2.05) is 23.5 Å². The number of aromatic nitrogens is 3. The summed E-state index contributed by atoms with van der Waals surface area (Å²) in [6.07, 6.45) is 5.88. The Kier molecular flexibility index (Phi) is 5.82. The number of hydrogen-bond acceptors (Lipinski definition) is 3. The molecule has 3 aromatic heterocycles. The minimum Gasteiger partial charge on any atom is -0.300 e. The van der Waals surface area contributed by atoms with Crippen LogP contribution < -0.4 is 0 Å². The first-order chi connectivity index (χ1) is 21.0. The van der Waals surface area contributed by atoms with Crippen LogP contribution in [-0.4, -0.2) is 21.8 Å². The van der Waals surface area contributed by atoms with Crippen molar-refractivity contribution in [2.75, 3.05) is 0 Å². The second-order valence-corrected chi connectivity index (χ2v) is 12.8. The smallest absolute Gasteiger partial charge is 0.160 e. The molecule has 5 heteroatoms. The van der Waals surface area contributed by atoms with Gasteiger partial charge in [-0.15, -0.1) is 17.3 Å². The zero-order chi connectivity index (χ0) is 29.3. The molecule has 0 saturated heterocycles. The minimum absolute atomic E-state index is 0.194. The maximum atomic E-state index is 5.21. The number of fused-ring (bicyclic) bond motifs is 8. The van der Waals surface area contributed by atoms with E-state index in [0.717, 1.165) is 35.0 Å². The van der Waals surface area contributed by atoms with Gasteiger partial charge in [0.05, 0.1) is 22.4 Å². The molecule has 7 aromatic rings. The fourth-order valence-corrected chi connectivity index (χ4v) is 8.04. The van der Waals surface area contributed by atoms with Gasteiger partial charge in [0.1, 0.15) is 12.1 Å². The van der Waals surface area contributed by atoms with Crippen LogP contribution in [0.1, 0.15) is 30.8 Å². The maximum Gasteiger partial charge on any atom is 0.160 e. The summed E-state index contributed by atoms with van der Waals surface area (Å²) in [7, 11) is 0.941. The first-order valence-corrected chi connectivity index (χ1v) is 15.7. The maximum absolute atomic E-state index is 5.21. The molecule has 3 nitrogen and oxygen atoms in total. The second kappa shape index (κ2) is 9.65. The molecular weight excluding hydrogens is 541 g/mol. The van der Waals surface area contributed by atoms with E-state index < -0.39 is 0 Å². The van der Waals surface area contributed by atoms with Crippen LogP contribution in [0.5, 0.6) is 0 Å². The van der Waals surface area contributed by atoms with Crippen LogP contribution in [0.3, 0.4) is 0 Å². The highest BCUT2D eigenvalue weighted by atomic mass is 32.1. The van der Waals surface area contributed by atoms with Gasteiger partial charge in [0, 0.05) is 42.8 Å². The van der Waals surface area contributed by atoms with Crippen LogP contribution in [0.2, 0.25) is 6.82 Å². The van der Waals surface area contributed by atoms with E-state index in [1.165, 1.54) is 48.0 Å². The summed E-state index contributed by atoms with van der Waals surface area (Å²) >= 11 is 1.89. The number of para-hydroxylation sites is 2. The van der Waals surface area contributed by atoms with Crippen LogP contribution in [0.25, 0.3) is 64.6 Å². The van der Waals surface area contributed by atoms with Crippen LogP contribution in [0.15, 0.2) is 116 Å². The van der Waals surface area contributed by atoms with E-state index in [9.17, 15) is 0 Å². The molecule has 0 aliphatic carbocycles. The van der Waals surface area contributed by atoms with Crippen molar-refractivity contribution in [1.29, 1.82) is 0 Å². The Morgan fingerprint density at radius 2 is 1.67 bits per heavy atom. The molecular formula is C38H30BN3S. The molecule has 0 unspecified atom stereocenters. The van der Waals surface area contributed by atoms with Crippen LogP contribution >= 0.6 is 11.3 Å². The summed E-state index contributed by atoms with van der Waals surface area (Å²) in [5, 5.41) is 5.08. The van der Waals surface area contributed by atoms with E-state index in [2.05, 4.69) is 123 Å². The zero-order valence-electron chi connectivity index (χ0n) is 24.6. The third-order valence-electron chi connectivity index (χ3n) is 8.86. The van der Waals surface area contributed by atoms with E-state index in [-0.39, 0.29) is 5.41 Å². The molecule has 1 aliphatic rings. The van der Waals surface area contributed by atoms with Crippen molar-refractivity contribution in [2.45, 2.75) is 26.1 Å². The van der Waals surface area contributed by atoms with Crippen molar-refractivity contribution in [1.82, 2.24) is 14.5 Å². The molecule has 0 bridgehead atoms. The van der Waals surface area contributed by atoms with Gasteiger partial charge in [0.25, 0.3) is 0 Å². The molecule has 43 heavy (non-hydrogen) atoms. The molecule has 4 aromatic carbocycles. The third-order valence-corrected chi connectivity index (χ3v) is 10.0. The largest absolute Gasteiger partial charge is 0.300 e. The molecule has 4 heterocycles. The standard InChI is InChI=1S/C38H30BN3S/c1-5-11-23(20-21-39-4)36-40-30-16-8-6-12-25(30)34(41-36)24-18-19-31-29(22-24)38(2,3)28-15-10-14-27-33-26-13-7-9-17-32(26)43-37(33)42(31)35(27)28/h5-22,39H,1H2,2-4H3/b21-20-,23-11+. The lowest BCUT2D eigenvalue weighted by Gasteiger charge is -2.35. The number of allylic oxidation sites excluding steroid dienone is 4. The minimum atomic E-state index is -0.194. The fourth-order valence-electron chi connectivity index (χ4n) is 6.80. The summed E-state index contributed by atoms with van der Waals surface area (Å²) in [4.78, 5) is 11.5. The summed E-state index contributed by atoms with van der Waals surface area (Å²) in [5.74, 6) is 2.85. The number of nitrogens with zero attached hydrogens (tertiary/aromatic N) is 3. The topological polar surface area (TPSA) is 30.7 Å². The van der Waals surface area contributed by atoms with Gasteiger partial charge in [-0.05, 0) is 35.4 Å². The predicted molar refractivity (Wildman–Crippen MR) is 187 cm³/mol. The Balaban J connectivity index is 1.41. The Bertz CT molecular complexity index is 2330. The van der Waals surface area contributed by atoms with Crippen molar-refractivity contribution in [3.8, 4) is 16.9 Å². The van der Waals surface area contributed by atoms with Gasteiger partial charge >= 0.3 is 0 Å². The highest BCUT2D eigenvalue weighted by Crippen LogP contribution is 2.51. The molecule has 0 spiro atoms. The molecule has 8 rings (SSSR count). The SMILES string of the molecule is C=C/C=C(\C=C/BC)c1nc(-c2ccc3c(c2)C(C)(C)c2cccc4c5c6ccccc6sc5n-3c24)c2ccccc2n1. The van der Waals surface area contributed by atoms with Crippen LogP contribution in [0, 0.1) is 0 Å². The van der Waals surface area contributed by atoms with Crippen molar-refractivity contribution in [3.63, 3.8) is 0 Å². The highest BCUT2D eigenvalue weighted by molar-refractivity contribution is 7.25. The molecule has 0 saturated carbocycles. The van der Waals surface area contributed by atoms with Crippen molar-refractivity contribution in [3.05, 3.63) is 133 Å². The van der Waals surface area contributed by atoms with Gasteiger partial charge in [0.2, 0.25) is 0 Å². The van der Waals surface area contributed by atoms with E-state index in [1.54, 1.807) is 6.08 Å². The van der Waals surface area contributed by atoms with Gasteiger partial charge in [0.15, 0.2) is 5.82 Å². The molecule has 0 amide bonds. The van der Waals surface area contributed by atoms with Gasteiger partial charge in [-0.1, -0.05) is 106 Å². The summed E-state index contributed by atoms with van der Waals surface area (Å²) in [6.45, 7) is 10.8.